The molecule has 0 atom stereocenters. The zero-order valence-corrected chi connectivity index (χ0v) is 13.4. The topological polar surface area (TPSA) is 92.2 Å². The molecule has 0 saturated heterocycles. The first-order chi connectivity index (χ1) is 11.6. The van der Waals surface area contributed by atoms with Crippen LogP contribution in [-0.4, -0.2) is 23.1 Å². The molecule has 24 heavy (non-hydrogen) atoms. The predicted octanol–water partition coefficient (Wildman–Crippen LogP) is 1.19. The average molecular weight is 328 g/mol. The van der Waals surface area contributed by atoms with Gasteiger partial charge in [-0.15, -0.1) is 0 Å². The van der Waals surface area contributed by atoms with Crippen LogP contribution in [0, 0.1) is 6.92 Å². The van der Waals surface area contributed by atoms with Crippen molar-refractivity contribution in [2.24, 2.45) is 0 Å². The molecule has 2 rings (SSSR count). The second kappa shape index (κ2) is 8.52. The molecule has 7 heteroatoms. The summed E-state index contributed by atoms with van der Waals surface area (Å²) >= 11 is 0. The van der Waals surface area contributed by atoms with Crippen molar-refractivity contribution in [3.05, 3.63) is 70.1 Å². The monoisotopic (exact) mass is 328 g/mol. The summed E-state index contributed by atoms with van der Waals surface area (Å²) in [5.74, 6) is -0.376. The Bertz CT molecular complexity index is 770. The molecule has 0 unspecified atom stereocenters. The van der Waals surface area contributed by atoms with E-state index in [0.29, 0.717) is 25.1 Å². The summed E-state index contributed by atoms with van der Waals surface area (Å²) in [7, 11) is 0. The van der Waals surface area contributed by atoms with Crippen molar-refractivity contribution in [3.63, 3.8) is 0 Å². The van der Waals surface area contributed by atoms with Crippen molar-refractivity contribution in [3.8, 4) is 0 Å². The van der Waals surface area contributed by atoms with Crippen LogP contribution in [0.15, 0.2) is 53.5 Å². The predicted molar refractivity (Wildman–Crippen MR) is 90.5 cm³/mol. The fourth-order valence-corrected chi connectivity index (χ4v) is 2.15. The Hall–Kier alpha value is -3.09. The number of hydrogen-bond acceptors (Lipinski definition) is 3. The lowest BCUT2D eigenvalue weighted by Gasteiger charge is -2.10. The molecule has 1 aromatic carbocycles. The molecule has 0 spiro atoms. The molecule has 0 aliphatic rings. The maximum absolute atomic E-state index is 11.9. The van der Waals surface area contributed by atoms with E-state index < -0.39 is 6.03 Å². The number of benzene rings is 1. The van der Waals surface area contributed by atoms with Gasteiger partial charge in [0.25, 0.3) is 5.91 Å². The number of carbonyl (C=O) groups is 2. The number of amides is 3. The number of nitrogens with zero attached hydrogens (tertiary/aromatic N) is 1. The number of hydrazine groups is 1. The van der Waals surface area contributed by atoms with Crippen molar-refractivity contribution in [2.45, 2.75) is 19.9 Å². The maximum Gasteiger partial charge on any atom is 0.333 e. The number of nitrogens with one attached hydrogen (secondary N) is 3. The first-order valence-electron chi connectivity index (χ1n) is 7.63. The summed E-state index contributed by atoms with van der Waals surface area (Å²) in [6, 6.07) is 11.5. The van der Waals surface area contributed by atoms with Crippen LogP contribution in [0.2, 0.25) is 0 Å². The van der Waals surface area contributed by atoms with Crippen LogP contribution in [0.4, 0.5) is 4.79 Å². The van der Waals surface area contributed by atoms with E-state index in [1.54, 1.807) is 35.0 Å². The molecule has 0 radical (unpaired) electrons. The van der Waals surface area contributed by atoms with Crippen LogP contribution in [0.5, 0.6) is 0 Å². The van der Waals surface area contributed by atoms with Gasteiger partial charge in [-0.3, -0.25) is 15.0 Å². The minimum Gasteiger partial charge on any atom is -0.337 e. The van der Waals surface area contributed by atoms with E-state index in [9.17, 15) is 14.4 Å². The molecule has 0 bridgehead atoms. The van der Waals surface area contributed by atoms with Crippen molar-refractivity contribution in [1.29, 1.82) is 0 Å². The fraction of sp³-hybridized carbons (Fsp3) is 0.235. The molecular formula is C17H20N4O3. The van der Waals surface area contributed by atoms with Gasteiger partial charge in [-0.25, -0.2) is 10.2 Å². The quantitative estimate of drug-likeness (QED) is 0.569. The minimum absolute atomic E-state index is 0.0764. The summed E-state index contributed by atoms with van der Waals surface area (Å²) < 4.78 is 1.57. The Kier molecular flexibility index (Phi) is 6.13. The number of aromatic nitrogens is 1. The number of urea groups is 1. The molecule has 0 saturated carbocycles. The van der Waals surface area contributed by atoms with E-state index >= 15 is 0 Å². The Labute approximate surface area is 139 Å². The zero-order chi connectivity index (χ0) is 17.4. The van der Waals surface area contributed by atoms with Crippen LogP contribution >= 0.6 is 0 Å². The van der Waals surface area contributed by atoms with Gasteiger partial charge in [0.05, 0.1) is 0 Å². The van der Waals surface area contributed by atoms with Gasteiger partial charge in [-0.2, -0.15) is 0 Å². The van der Waals surface area contributed by atoms with E-state index in [4.69, 9.17) is 0 Å². The summed E-state index contributed by atoms with van der Waals surface area (Å²) in [5.41, 5.74) is 5.90. The van der Waals surface area contributed by atoms with Crippen LogP contribution in [-0.2, 0) is 6.54 Å². The Morgan fingerprint density at radius 3 is 2.54 bits per heavy atom. The zero-order valence-electron chi connectivity index (χ0n) is 13.4. The van der Waals surface area contributed by atoms with E-state index in [1.807, 2.05) is 19.1 Å². The number of rotatable bonds is 5. The van der Waals surface area contributed by atoms with Gasteiger partial charge in [-0.05, 0) is 31.0 Å². The smallest absolute Gasteiger partial charge is 0.333 e. The highest BCUT2D eigenvalue weighted by Gasteiger charge is 2.08. The van der Waals surface area contributed by atoms with Gasteiger partial charge in [0.15, 0.2) is 0 Å². The van der Waals surface area contributed by atoms with Crippen LogP contribution < -0.4 is 21.7 Å². The minimum atomic E-state index is -0.502. The van der Waals surface area contributed by atoms with Crippen LogP contribution in [0.3, 0.4) is 0 Å². The third-order valence-electron chi connectivity index (χ3n) is 3.44. The molecule has 7 nitrogen and oxygen atoms in total. The highest BCUT2D eigenvalue weighted by atomic mass is 16.2. The molecule has 3 N–H and O–H groups in total. The first kappa shape index (κ1) is 17.3. The van der Waals surface area contributed by atoms with Gasteiger partial charge in [0, 0.05) is 30.9 Å². The van der Waals surface area contributed by atoms with Gasteiger partial charge >= 0.3 is 6.03 Å². The number of hydrogen-bond donors (Lipinski definition) is 3. The lowest BCUT2D eigenvalue weighted by atomic mass is 10.1. The second-order valence-electron chi connectivity index (χ2n) is 5.24. The molecule has 1 aromatic heterocycles. The van der Waals surface area contributed by atoms with Gasteiger partial charge in [0.2, 0.25) is 5.56 Å². The van der Waals surface area contributed by atoms with Gasteiger partial charge < -0.3 is 9.88 Å². The first-order valence-corrected chi connectivity index (χ1v) is 7.63. The van der Waals surface area contributed by atoms with Crippen LogP contribution in [0.1, 0.15) is 22.3 Å². The molecule has 0 aliphatic heterocycles. The third kappa shape index (κ3) is 4.98. The van der Waals surface area contributed by atoms with E-state index in [1.165, 1.54) is 6.07 Å². The van der Waals surface area contributed by atoms with Gasteiger partial charge in [-0.1, -0.05) is 24.3 Å². The van der Waals surface area contributed by atoms with E-state index in [-0.39, 0.29) is 11.5 Å². The SMILES string of the molecule is Cc1ccccc1C(=O)NNC(=O)NCCCn1ccccc1=O. The highest BCUT2D eigenvalue weighted by Crippen LogP contribution is 2.05. The van der Waals surface area contributed by atoms with Gasteiger partial charge in [0.1, 0.15) is 0 Å². The number of pyridine rings is 1. The largest absolute Gasteiger partial charge is 0.337 e. The fourth-order valence-electron chi connectivity index (χ4n) is 2.15. The Morgan fingerprint density at radius 2 is 1.79 bits per heavy atom. The van der Waals surface area contributed by atoms with Crippen molar-refractivity contribution in [2.75, 3.05) is 6.54 Å². The average Bonchev–Trinajstić information content (AvgIpc) is 2.58. The lowest BCUT2D eigenvalue weighted by molar-refractivity contribution is 0.0935. The number of carbonyl (C=O) groups excluding carboxylic acids is 2. The molecular weight excluding hydrogens is 308 g/mol. The number of aryl methyl sites for hydroxylation is 2. The summed E-state index contributed by atoms with van der Waals surface area (Å²) in [4.78, 5) is 35.1. The van der Waals surface area contributed by atoms with Crippen molar-refractivity contribution >= 4 is 11.9 Å². The standard InChI is InChI=1S/C17H20N4O3/c1-13-7-2-3-8-14(13)16(23)19-20-17(24)18-10-6-12-21-11-5-4-9-15(21)22/h2-5,7-9,11H,6,10,12H2,1H3,(H,19,23)(H2,18,20,24). The van der Waals surface area contributed by atoms with E-state index in [0.717, 1.165) is 5.56 Å². The Morgan fingerprint density at radius 1 is 1.04 bits per heavy atom. The highest BCUT2D eigenvalue weighted by molar-refractivity contribution is 5.96. The lowest BCUT2D eigenvalue weighted by Crippen LogP contribution is -2.47. The molecule has 1 heterocycles. The normalized spacial score (nSPS) is 10.0. The molecule has 126 valence electrons. The van der Waals surface area contributed by atoms with E-state index in [2.05, 4.69) is 16.2 Å². The molecule has 0 aliphatic carbocycles. The maximum atomic E-state index is 11.9. The van der Waals surface area contributed by atoms with Crippen molar-refractivity contribution < 1.29 is 9.59 Å². The summed E-state index contributed by atoms with van der Waals surface area (Å²) in [5, 5.41) is 2.61. The third-order valence-corrected chi connectivity index (χ3v) is 3.44. The van der Waals surface area contributed by atoms with Crippen LogP contribution in [0.25, 0.3) is 0 Å². The second-order valence-corrected chi connectivity index (χ2v) is 5.24. The summed E-state index contributed by atoms with van der Waals surface area (Å²) in [6.45, 7) is 2.71. The Balaban J connectivity index is 1.69. The molecule has 2 aromatic rings. The van der Waals surface area contributed by atoms with Crippen molar-refractivity contribution in [1.82, 2.24) is 20.7 Å². The summed E-state index contributed by atoms with van der Waals surface area (Å²) in [6.07, 6.45) is 2.30. The molecule has 3 amide bonds. The molecule has 0 fully saturated rings.